The van der Waals surface area contributed by atoms with Crippen molar-refractivity contribution in [2.75, 3.05) is 5.73 Å². The maximum Gasteiger partial charge on any atom is 0.373 e. The summed E-state index contributed by atoms with van der Waals surface area (Å²) in [5.74, 6) is 0.802. The first-order chi connectivity index (χ1) is 13.4. The van der Waals surface area contributed by atoms with Crippen LogP contribution in [0.2, 0.25) is 0 Å². The molecule has 1 saturated carbocycles. The summed E-state index contributed by atoms with van der Waals surface area (Å²) in [6, 6.07) is 7.73. The van der Waals surface area contributed by atoms with Crippen LogP contribution in [0.5, 0.6) is 5.75 Å². The molecule has 28 heavy (non-hydrogen) atoms. The number of aryl methyl sites for hydroxylation is 1. The molecule has 2 atom stereocenters. The number of nitrogens with two attached hydrogens (primary N) is 1. The molecule has 150 valence electrons. The second-order valence-corrected chi connectivity index (χ2v) is 7.30. The highest BCUT2D eigenvalue weighted by molar-refractivity contribution is 5.95. The van der Waals surface area contributed by atoms with Gasteiger partial charge >= 0.3 is 6.15 Å². The van der Waals surface area contributed by atoms with E-state index in [1.807, 2.05) is 45.0 Å². The molecule has 1 aliphatic rings. The number of amides is 1. The van der Waals surface area contributed by atoms with Crippen LogP contribution >= 0.6 is 0 Å². The van der Waals surface area contributed by atoms with Crippen LogP contribution in [0.15, 0.2) is 24.3 Å². The molecule has 2 aromatic rings. The first kappa shape index (κ1) is 21.4. The van der Waals surface area contributed by atoms with Gasteiger partial charge in [-0.3, -0.25) is 9.78 Å². The van der Waals surface area contributed by atoms with Crippen molar-refractivity contribution in [1.82, 2.24) is 10.3 Å². The highest BCUT2D eigenvalue weighted by Gasteiger charge is 2.29. The molecule has 1 fully saturated rings. The lowest BCUT2D eigenvalue weighted by Gasteiger charge is -2.33. The van der Waals surface area contributed by atoms with Gasteiger partial charge in [-0.25, -0.2) is 0 Å². The van der Waals surface area contributed by atoms with Gasteiger partial charge in [0.15, 0.2) is 0 Å². The fourth-order valence-electron chi connectivity index (χ4n) is 3.44. The zero-order chi connectivity index (χ0) is 20.7. The van der Waals surface area contributed by atoms with E-state index in [-0.39, 0.29) is 30.1 Å². The van der Waals surface area contributed by atoms with E-state index in [1.54, 1.807) is 0 Å². The van der Waals surface area contributed by atoms with Gasteiger partial charge < -0.3 is 15.8 Å². The van der Waals surface area contributed by atoms with Crippen LogP contribution in [0.1, 0.15) is 45.2 Å². The van der Waals surface area contributed by atoms with Crippen molar-refractivity contribution < 1.29 is 19.1 Å². The molecule has 1 amide bonds. The van der Waals surface area contributed by atoms with Crippen molar-refractivity contribution in [2.24, 2.45) is 5.92 Å². The first-order valence-corrected chi connectivity index (χ1v) is 9.49. The summed E-state index contributed by atoms with van der Waals surface area (Å²) >= 11 is 0. The Bertz CT molecular complexity index is 860. The van der Waals surface area contributed by atoms with Crippen molar-refractivity contribution in [3.63, 3.8) is 0 Å². The van der Waals surface area contributed by atoms with E-state index in [9.17, 15) is 4.79 Å². The fourth-order valence-corrected chi connectivity index (χ4v) is 3.44. The van der Waals surface area contributed by atoms with Crippen molar-refractivity contribution in [1.29, 1.82) is 0 Å². The summed E-state index contributed by atoms with van der Waals surface area (Å²) in [4.78, 5) is 32.9. The van der Waals surface area contributed by atoms with Crippen LogP contribution in [-0.2, 0) is 14.4 Å². The van der Waals surface area contributed by atoms with E-state index < -0.39 is 0 Å². The van der Waals surface area contributed by atoms with E-state index in [0.717, 1.165) is 48.0 Å². The van der Waals surface area contributed by atoms with Gasteiger partial charge in [-0.2, -0.15) is 9.59 Å². The highest BCUT2D eigenvalue weighted by atomic mass is 16.5. The smallest absolute Gasteiger partial charge is 0.373 e. The molecule has 1 aliphatic carbocycles. The second kappa shape index (κ2) is 9.85. The lowest BCUT2D eigenvalue weighted by atomic mass is 9.91. The molecule has 2 unspecified atom stereocenters. The Morgan fingerprint density at radius 2 is 1.96 bits per heavy atom. The molecule has 7 nitrogen and oxygen atoms in total. The van der Waals surface area contributed by atoms with Crippen LogP contribution in [0.4, 0.5) is 5.69 Å². The number of nitrogen functional groups attached to an aromatic ring is 1. The number of anilines is 1. The summed E-state index contributed by atoms with van der Waals surface area (Å²) in [6.07, 6.45) is 4.31. The van der Waals surface area contributed by atoms with Gasteiger partial charge in [0.1, 0.15) is 11.9 Å². The van der Waals surface area contributed by atoms with Gasteiger partial charge in [-0.1, -0.05) is 26.3 Å². The minimum absolute atomic E-state index is 0.0250. The van der Waals surface area contributed by atoms with E-state index in [1.165, 1.54) is 0 Å². The summed E-state index contributed by atoms with van der Waals surface area (Å²) in [7, 11) is 0. The Morgan fingerprint density at radius 1 is 1.29 bits per heavy atom. The van der Waals surface area contributed by atoms with E-state index in [4.69, 9.17) is 20.1 Å². The average Bonchev–Trinajstić information content (AvgIpc) is 2.63. The monoisotopic (exact) mass is 385 g/mol. The minimum atomic E-state index is -0.0391. The molecule has 0 aliphatic heterocycles. The summed E-state index contributed by atoms with van der Waals surface area (Å²) in [5, 5.41) is 4.00. The standard InChI is InChI=1S/C20H27N3O2.CO2/c1-12(2)20(24)23-15-7-4-5-9-17(15)25-18-10-6-8-16-19(18)14(21)11-13(3)22-16;2-1-3/h6,8,10-12,15,17H,4-5,7,9H2,1-3H3,(H2,21,22)(H,23,24);. The third kappa shape index (κ3) is 5.30. The zero-order valence-electron chi connectivity index (χ0n) is 16.5. The Balaban J connectivity index is 0.000000878. The quantitative estimate of drug-likeness (QED) is 0.837. The molecule has 0 saturated heterocycles. The summed E-state index contributed by atoms with van der Waals surface area (Å²) in [5.41, 5.74) is 8.64. The third-order valence-corrected chi connectivity index (χ3v) is 4.79. The molecule has 1 heterocycles. The molecule has 0 spiro atoms. The minimum Gasteiger partial charge on any atom is -0.488 e. The van der Waals surface area contributed by atoms with Gasteiger partial charge in [0.2, 0.25) is 5.91 Å². The lowest BCUT2D eigenvalue weighted by Crippen LogP contribution is -2.48. The molecule has 1 aromatic carbocycles. The van der Waals surface area contributed by atoms with Crippen molar-refractivity contribution >= 4 is 28.6 Å². The largest absolute Gasteiger partial charge is 0.488 e. The summed E-state index contributed by atoms with van der Waals surface area (Å²) in [6.45, 7) is 5.75. The number of fused-ring (bicyclic) bond motifs is 1. The van der Waals surface area contributed by atoms with Gasteiger partial charge in [0.25, 0.3) is 0 Å². The number of nitrogens with zero attached hydrogens (tertiary/aromatic N) is 1. The second-order valence-electron chi connectivity index (χ2n) is 7.30. The average molecular weight is 385 g/mol. The number of rotatable bonds is 4. The van der Waals surface area contributed by atoms with E-state index >= 15 is 0 Å². The maximum absolute atomic E-state index is 12.1. The topological polar surface area (TPSA) is 111 Å². The number of pyridine rings is 1. The number of benzene rings is 1. The number of hydrogen-bond acceptors (Lipinski definition) is 6. The molecular formula is C21H27N3O4. The van der Waals surface area contributed by atoms with Crippen LogP contribution in [-0.4, -0.2) is 29.2 Å². The molecule has 7 heteroatoms. The number of aromatic nitrogens is 1. The molecular weight excluding hydrogens is 358 g/mol. The summed E-state index contributed by atoms with van der Waals surface area (Å²) < 4.78 is 6.35. The normalized spacial score (nSPS) is 18.7. The molecule has 3 rings (SSSR count). The predicted octanol–water partition coefficient (Wildman–Crippen LogP) is 3.00. The lowest BCUT2D eigenvalue weighted by molar-refractivity contribution is -0.191. The Hall–Kier alpha value is -2.92. The molecule has 0 radical (unpaired) electrons. The number of carbonyl (C=O) groups is 1. The number of hydrogen-bond donors (Lipinski definition) is 2. The first-order valence-electron chi connectivity index (χ1n) is 9.49. The fraction of sp³-hybridized carbons (Fsp3) is 0.476. The Morgan fingerprint density at radius 3 is 2.64 bits per heavy atom. The third-order valence-electron chi connectivity index (χ3n) is 4.79. The number of nitrogens with one attached hydrogen (secondary N) is 1. The Labute approximate surface area is 164 Å². The van der Waals surface area contributed by atoms with Gasteiger partial charge in [0.05, 0.1) is 16.9 Å². The molecule has 3 N–H and O–H groups in total. The van der Waals surface area contributed by atoms with Gasteiger partial charge in [0, 0.05) is 17.3 Å². The van der Waals surface area contributed by atoms with Crippen molar-refractivity contribution in [3.05, 3.63) is 30.0 Å². The van der Waals surface area contributed by atoms with Crippen molar-refractivity contribution in [2.45, 2.75) is 58.6 Å². The molecule has 1 aromatic heterocycles. The number of carbonyl (C=O) groups excluding carboxylic acids is 3. The van der Waals surface area contributed by atoms with Crippen molar-refractivity contribution in [3.8, 4) is 5.75 Å². The Kier molecular flexibility index (Phi) is 7.52. The number of ether oxygens (including phenoxy) is 1. The predicted molar refractivity (Wildman–Crippen MR) is 106 cm³/mol. The maximum atomic E-state index is 12.1. The van der Waals surface area contributed by atoms with Gasteiger partial charge in [-0.15, -0.1) is 0 Å². The zero-order valence-corrected chi connectivity index (χ0v) is 16.5. The van der Waals surface area contributed by atoms with Crippen LogP contribution < -0.4 is 15.8 Å². The van der Waals surface area contributed by atoms with Crippen LogP contribution in [0.25, 0.3) is 10.9 Å². The van der Waals surface area contributed by atoms with Crippen LogP contribution in [0.3, 0.4) is 0 Å². The highest BCUT2D eigenvalue weighted by Crippen LogP contribution is 2.33. The van der Waals surface area contributed by atoms with Crippen LogP contribution in [0, 0.1) is 12.8 Å². The molecule has 0 bridgehead atoms. The van der Waals surface area contributed by atoms with E-state index in [2.05, 4.69) is 10.3 Å². The van der Waals surface area contributed by atoms with E-state index in [0.29, 0.717) is 5.69 Å². The SMILES string of the molecule is Cc1cc(N)c2c(OC3CCCCC3NC(=O)C(C)C)cccc2n1.O=C=O. The van der Waals surface area contributed by atoms with Gasteiger partial charge in [-0.05, 0) is 44.4 Å².